The van der Waals surface area contributed by atoms with Crippen molar-refractivity contribution in [3.63, 3.8) is 0 Å². The molecular formula is C15H24F2O3Si. The number of hydrogen-bond acceptors (Lipinski definition) is 3. The van der Waals surface area contributed by atoms with Crippen LogP contribution < -0.4 is 0 Å². The lowest BCUT2D eigenvalue weighted by atomic mass is 10.1. The highest BCUT2D eigenvalue weighted by Crippen LogP contribution is 2.20. The summed E-state index contributed by atoms with van der Waals surface area (Å²) in [5.74, 6) is -1.61. The van der Waals surface area contributed by atoms with E-state index < -0.39 is 20.4 Å². The van der Waals surface area contributed by atoms with Crippen LogP contribution in [0.3, 0.4) is 0 Å². The number of rotatable bonds is 9. The molecule has 0 aromatic heterocycles. The van der Waals surface area contributed by atoms with Gasteiger partial charge in [0.2, 0.25) is 0 Å². The molecule has 120 valence electrons. The monoisotopic (exact) mass is 318 g/mol. The fourth-order valence-electron chi connectivity index (χ4n) is 2.17. The highest BCUT2D eigenvalue weighted by Gasteiger charge is 2.39. The molecule has 0 radical (unpaired) electrons. The first-order valence-electron chi connectivity index (χ1n) is 7.14. The quantitative estimate of drug-likeness (QED) is 0.510. The van der Waals surface area contributed by atoms with Crippen LogP contribution >= 0.6 is 0 Å². The van der Waals surface area contributed by atoms with Crippen LogP contribution in [0.4, 0.5) is 8.78 Å². The third-order valence-corrected chi connectivity index (χ3v) is 6.26. The first kappa shape index (κ1) is 18.2. The molecule has 0 heterocycles. The molecule has 0 aliphatic rings. The average molecular weight is 318 g/mol. The average Bonchev–Trinajstić information content (AvgIpc) is 2.45. The first-order valence-corrected chi connectivity index (χ1v) is 9.07. The van der Waals surface area contributed by atoms with E-state index in [9.17, 15) is 8.78 Å². The maximum Gasteiger partial charge on any atom is 0.500 e. The van der Waals surface area contributed by atoms with Crippen LogP contribution in [0.25, 0.3) is 0 Å². The van der Waals surface area contributed by atoms with Gasteiger partial charge in [-0.15, -0.1) is 0 Å². The van der Waals surface area contributed by atoms with E-state index in [-0.39, 0.29) is 6.10 Å². The predicted molar refractivity (Wildman–Crippen MR) is 80.1 cm³/mol. The van der Waals surface area contributed by atoms with E-state index in [0.717, 1.165) is 24.5 Å². The summed E-state index contributed by atoms with van der Waals surface area (Å²) in [7, 11) is 0.611. The third kappa shape index (κ3) is 5.82. The van der Waals surface area contributed by atoms with Gasteiger partial charge in [-0.2, -0.15) is 0 Å². The summed E-state index contributed by atoms with van der Waals surface area (Å²) in [6, 6.07) is 4.73. The lowest BCUT2D eigenvalue weighted by Gasteiger charge is -2.28. The van der Waals surface area contributed by atoms with Gasteiger partial charge in [0.1, 0.15) is 0 Å². The minimum absolute atomic E-state index is 0.0442. The number of aryl methyl sites for hydroxylation is 1. The summed E-state index contributed by atoms with van der Waals surface area (Å²) in [6.07, 6.45) is 2.42. The Balaban J connectivity index is 2.45. The van der Waals surface area contributed by atoms with Crippen molar-refractivity contribution in [2.75, 3.05) is 14.2 Å². The van der Waals surface area contributed by atoms with E-state index in [1.807, 2.05) is 13.8 Å². The largest absolute Gasteiger partial charge is 0.500 e. The van der Waals surface area contributed by atoms with E-state index in [4.69, 9.17) is 13.3 Å². The Morgan fingerprint density at radius 1 is 1.05 bits per heavy atom. The van der Waals surface area contributed by atoms with Crippen LogP contribution in [0.15, 0.2) is 18.2 Å². The zero-order chi connectivity index (χ0) is 15.9. The molecule has 0 fully saturated rings. The van der Waals surface area contributed by atoms with Crippen molar-refractivity contribution in [1.82, 2.24) is 0 Å². The van der Waals surface area contributed by atoms with Crippen LogP contribution in [0.1, 0.15) is 32.3 Å². The summed E-state index contributed by atoms with van der Waals surface area (Å²) in [5.41, 5.74) is 0.792. The van der Waals surface area contributed by atoms with Crippen molar-refractivity contribution in [2.45, 2.75) is 45.3 Å². The summed E-state index contributed by atoms with van der Waals surface area (Å²) in [4.78, 5) is 0. The van der Waals surface area contributed by atoms with Crippen molar-refractivity contribution < 1.29 is 22.1 Å². The molecule has 0 saturated carbocycles. The SMILES string of the molecule is CO[Si](CCCCc1ccc(F)c(F)c1)(OC)OC(C)C. The Morgan fingerprint density at radius 2 is 1.71 bits per heavy atom. The number of unbranched alkanes of at least 4 members (excludes halogenated alkanes) is 1. The second-order valence-electron chi connectivity index (χ2n) is 5.21. The second-order valence-corrected chi connectivity index (χ2v) is 8.13. The van der Waals surface area contributed by atoms with Gasteiger partial charge >= 0.3 is 8.80 Å². The fraction of sp³-hybridized carbons (Fsp3) is 0.600. The summed E-state index contributed by atoms with van der Waals surface area (Å²) < 4.78 is 42.7. The van der Waals surface area contributed by atoms with E-state index >= 15 is 0 Å². The summed E-state index contributed by atoms with van der Waals surface area (Å²) in [5, 5.41) is 0. The Labute approximate surface area is 126 Å². The molecule has 21 heavy (non-hydrogen) atoms. The van der Waals surface area contributed by atoms with Crippen molar-refractivity contribution in [3.8, 4) is 0 Å². The fourth-order valence-corrected chi connectivity index (χ4v) is 4.45. The molecule has 6 heteroatoms. The van der Waals surface area contributed by atoms with E-state index in [2.05, 4.69) is 0 Å². The van der Waals surface area contributed by atoms with Gasteiger partial charge in [0.05, 0.1) is 0 Å². The summed E-state index contributed by atoms with van der Waals surface area (Å²) in [6.45, 7) is 3.89. The standard InChI is InChI=1S/C15H24F2O3Si/c1-12(2)20-21(18-3,19-4)10-6-5-7-13-8-9-14(16)15(17)11-13/h8-9,11-12H,5-7,10H2,1-4H3. The van der Waals surface area contributed by atoms with E-state index in [1.165, 1.54) is 6.07 Å². The molecular weight excluding hydrogens is 294 g/mol. The molecule has 0 amide bonds. The second kappa shape index (κ2) is 8.58. The predicted octanol–water partition coefficient (Wildman–Crippen LogP) is 3.94. The molecule has 0 bridgehead atoms. The normalized spacial score (nSPS) is 12.1. The summed E-state index contributed by atoms with van der Waals surface area (Å²) >= 11 is 0. The van der Waals surface area contributed by atoms with E-state index in [1.54, 1.807) is 20.3 Å². The van der Waals surface area contributed by atoms with Crippen molar-refractivity contribution in [1.29, 1.82) is 0 Å². The van der Waals surface area contributed by atoms with Gasteiger partial charge in [0.15, 0.2) is 11.6 Å². The molecule has 0 N–H and O–H groups in total. The van der Waals surface area contributed by atoms with Gasteiger partial charge in [-0.25, -0.2) is 8.78 Å². The Bertz CT molecular complexity index is 437. The number of benzene rings is 1. The zero-order valence-corrected chi connectivity index (χ0v) is 14.1. The molecule has 1 aromatic carbocycles. The highest BCUT2D eigenvalue weighted by atomic mass is 28.4. The topological polar surface area (TPSA) is 27.7 Å². The van der Waals surface area contributed by atoms with Crippen molar-refractivity contribution >= 4 is 8.80 Å². The number of hydrogen-bond donors (Lipinski definition) is 0. The molecule has 0 aliphatic carbocycles. The minimum atomic E-state index is -2.60. The van der Waals surface area contributed by atoms with Gasteiger partial charge in [-0.05, 0) is 50.8 Å². The van der Waals surface area contributed by atoms with Crippen LogP contribution in [0.2, 0.25) is 6.04 Å². The molecule has 3 nitrogen and oxygen atoms in total. The molecule has 1 rings (SSSR count). The highest BCUT2D eigenvalue weighted by molar-refractivity contribution is 6.60. The van der Waals surface area contributed by atoms with Crippen LogP contribution in [-0.4, -0.2) is 29.1 Å². The smallest absolute Gasteiger partial charge is 0.377 e. The number of halogens is 2. The zero-order valence-electron chi connectivity index (χ0n) is 13.1. The lowest BCUT2D eigenvalue weighted by molar-refractivity contribution is 0.0694. The molecule has 1 aromatic rings. The molecule has 0 spiro atoms. The van der Waals surface area contributed by atoms with Crippen molar-refractivity contribution in [2.24, 2.45) is 0 Å². The maximum atomic E-state index is 13.1. The molecule has 0 aliphatic heterocycles. The van der Waals surface area contributed by atoms with Crippen LogP contribution in [0, 0.1) is 11.6 Å². The van der Waals surface area contributed by atoms with Gasteiger partial charge in [-0.1, -0.05) is 6.07 Å². The van der Waals surface area contributed by atoms with Crippen LogP contribution in [-0.2, 0) is 19.7 Å². The maximum absolute atomic E-state index is 13.1. The van der Waals surface area contributed by atoms with Gasteiger partial charge < -0.3 is 13.3 Å². The van der Waals surface area contributed by atoms with Gasteiger partial charge in [0.25, 0.3) is 0 Å². The third-order valence-electron chi connectivity index (χ3n) is 3.22. The van der Waals surface area contributed by atoms with Gasteiger partial charge in [0, 0.05) is 26.4 Å². The Morgan fingerprint density at radius 3 is 2.24 bits per heavy atom. The molecule has 0 saturated heterocycles. The van der Waals surface area contributed by atoms with Crippen molar-refractivity contribution in [3.05, 3.63) is 35.4 Å². The van der Waals surface area contributed by atoms with E-state index in [0.29, 0.717) is 12.5 Å². The lowest BCUT2D eigenvalue weighted by Crippen LogP contribution is -2.45. The minimum Gasteiger partial charge on any atom is -0.377 e. The Hall–Kier alpha value is -0.823. The van der Waals surface area contributed by atoms with Crippen LogP contribution in [0.5, 0.6) is 0 Å². The Kier molecular flexibility index (Phi) is 7.45. The first-order chi connectivity index (χ1) is 9.92. The van der Waals surface area contributed by atoms with Gasteiger partial charge in [-0.3, -0.25) is 0 Å². The molecule has 0 unspecified atom stereocenters. The molecule has 0 atom stereocenters.